The fourth-order valence-electron chi connectivity index (χ4n) is 1.72. The molecule has 9 heteroatoms. The molecule has 138 valence electrons. The summed E-state index contributed by atoms with van der Waals surface area (Å²) in [6, 6.07) is 0. The van der Waals surface area contributed by atoms with Crippen molar-refractivity contribution in [2.45, 2.75) is 53.4 Å². The van der Waals surface area contributed by atoms with Gasteiger partial charge in [0.2, 0.25) is 0 Å². The average Bonchev–Trinajstić information content (AvgIpc) is 2.52. The molecule has 1 atom stereocenters. The van der Waals surface area contributed by atoms with Gasteiger partial charge in [-0.15, -0.1) is 4.67 Å². The Morgan fingerprint density at radius 2 is 1.62 bits per heavy atom. The molecule has 0 radical (unpaired) electrons. The SMILES string of the molecule is CC(C)=CCCC(C)=CCCC(C)=CCOP(=O)(OOOO)P=O. The molecule has 0 spiro atoms. The van der Waals surface area contributed by atoms with E-state index < -0.39 is 15.4 Å². The smallest absolute Gasteiger partial charge is 0.294 e. The Balaban J connectivity index is 4.16. The van der Waals surface area contributed by atoms with Crippen LogP contribution in [0.2, 0.25) is 0 Å². The molecule has 0 aromatic rings. The molecule has 1 N–H and O–H groups in total. The standard InChI is InChI=1S/C15H26O7P2/c1-13(2)7-5-8-14(3)9-6-10-15(4)11-12-19-24(18,23-17)22-21-20-16/h7,9,11,16H,5-6,8,10,12H2,1-4H3. The molecule has 1 unspecified atom stereocenters. The predicted molar refractivity (Wildman–Crippen MR) is 92.5 cm³/mol. The molecule has 0 aromatic carbocycles. The minimum absolute atomic E-state index is 0.0591. The molecule has 0 aliphatic heterocycles. The predicted octanol–water partition coefficient (Wildman–Crippen LogP) is 6.17. The average molecular weight is 380 g/mol. The van der Waals surface area contributed by atoms with Gasteiger partial charge in [0.05, 0.1) is 6.61 Å². The lowest BCUT2D eigenvalue weighted by Gasteiger charge is -2.07. The van der Waals surface area contributed by atoms with Crippen LogP contribution in [0.4, 0.5) is 0 Å². The maximum absolute atomic E-state index is 11.6. The molecule has 0 aliphatic carbocycles. The Kier molecular flexibility index (Phi) is 13.3. The van der Waals surface area contributed by atoms with Crippen LogP contribution in [0.15, 0.2) is 34.9 Å². The first-order valence-corrected chi connectivity index (χ1v) is 10.6. The van der Waals surface area contributed by atoms with Crippen molar-refractivity contribution in [3.8, 4) is 0 Å². The van der Waals surface area contributed by atoms with Gasteiger partial charge in [-0.3, -0.25) is 9.09 Å². The fraction of sp³-hybridized carbons (Fsp3) is 0.600. The number of rotatable bonds is 13. The second-order valence-electron chi connectivity index (χ2n) is 5.52. The second-order valence-corrected chi connectivity index (χ2v) is 8.99. The van der Waals surface area contributed by atoms with Crippen LogP contribution in [-0.2, 0) is 28.4 Å². The number of hydrogen-bond acceptors (Lipinski definition) is 7. The quantitative estimate of drug-likeness (QED) is 0.177. The Labute approximate surface area is 144 Å². The molecule has 0 bridgehead atoms. The van der Waals surface area contributed by atoms with E-state index >= 15 is 0 Å². The van der Waals surface area contributed by atoms with E-state index in [0.717, 1.165) is 31.3 Å². The van der Waals surface area contributed by atoms with Crippen molar-refractivity contribution in [1.82, 2.24) is 0 Å². The van der Waals surface area contributed by atoms with Crippen molar-refractivity contribution in [3.05, 3.63) is 34.9 Å². The summed E-state index contributed by atoms with van der Waals surface area (Å²) >= 11 is 0. The van der Waals surface area contributed by atoms with E-state index in [4.69, 9.17) is 9.78 Å². The Morgan fingerprint density at radius 3 is 2.17 bits per heavy atom. The Hall–Kier alpha value is -0.650. The lowest BCUT2D eigenvalue weighted by Crippen LogP contribution is -1.94. The van der Waals surface area contributed by atoms with Gasteiger partial charge in [-0.25, -0.2) is 9.82 Å². The summed E-state index contributed by atoms with van der Waals surface area (Å²) in [5, 5.41) is 14.7. The maximum Gasteiger partial charge on any atom is 0.449 e. The first-order valence-electron chi connectivity index (χ1n) is 7.53. The number of hydrogen-bond donors (Lipinski definition) is 1. The molecule has 0 aromatic heterocycles. The van der Waals surface area contributed by atoms with Gasteiger partial charge in [0.1, 0.15) is 0 Å². The highest BCUT2D eigenvalue weighted by molar-refractivity contribution is 8.14. The van der Waals surface area contributed by atoms with Gasteiger partial charge in [0, 0.05) is 0 Å². The lowest BCUT2D eigenvalue weighted by molar-refractivity contribution is -0.595. The normalized spacial score (nSPS) is 15.4. The van der Waals surface area contributed by atoms with E-state index in [2.05, 4.69) is 47.7 Å². The van der Waals surface area contributed by atoms with Crippen molar-refractivity contribution in [2.75, 3.05) is 6.61 Å². The van der Waals surface area contributed by atoms with Crippen LogP contribution < -0.4 is 0 Å². The zero-order valence-corrected chi connectivity index (χ0v) is 16.3. The van der Waals surface area contributed by atoms with Crippen LogP contribution in [0.1, 0.15) is 53.4 Å². The summed E-state index contributed by atoms with van der Waals surface area (Å²) in [5.74, 6) is 0. The summed E-state index contributed by atoms with van der Waals surface area (Å²) in [7, 11) is -4.88. The molecule has 7 nitrogen and oxygen atoms in total. The molecule has 0 aliphatic rings. The van der Waals surface area contributed by atoms with Crippen LogP contribution in [0.25, 0.3) is 0 Å². The third kappa shape index (κ3) is 12.7. The van der Waals surface area contributed by atoms with E-state index in [9.17, 15) is 9.13 Å². The zero-order chi connectivity index (χ0) is 18.4. The Bertz CT molecular complexity index is 508. The van der Waals surface area contributed by atoms with E-state index in [1.807, 2.05) is 6.92 Å². The number of allylic oxidation sites excluding steroid dienone is 5. The molecule has 0 saturated carbocycles. The Morgan fingerprint density at radius 1 is 1.04 bits per heavy atom. The summed E-state index contributed by atoms with van der Waals surface area (Å²) in [5.41, 5.74) is 3.72. The minimum atomic E-state index is -3.99. The summed E-state index contributed by atoms with van der Waals surface area (Å²) in [6.45, 7) is 8.16. The summed E-state index contributed by atoms with van der Waals surface area (Å²) in [4.78, 5) is 0. The van der Waals surface area contributed by atoms with Gasteiger partial charge in [0.25, 0.3) is 8.15 Å². The van der Waals surface area contributed by atoms with Crippen molar-refractivity contribution >= 4 is 15.4 Å². The highest BCUT2D eigenvalue weighted by Crippen LogP contribution is 2.60. The largest absolute Gasteiger partial charge is 0.449 e. The fourth-order valence-corrected chi connectivity index (χ4v) is 2.71. The van der Waals surface area contributed by atoms with E-state index in [1.165, 1.54) is 11.1 Å². The zero-order valence-electron chi connectivity index (χ0n) is 14.6. The second kappa shape index (κ2) is 13.6. The molecule has 0 saturated heterocycles. The molecule has 0 rings (SSSR count). The van der Waals surface area contributed by atoms with Crippen LogP contribution in [-0.4, -0.2) is 11.9 Å². The van der Waals surface area contributed by atoms with Crippen LogP contribution in [0.5, 0.6) is 0 Å². The molecular weight excluding hydrogens is 354 g/mol. The van der Waals surface area contributed by atoms with Gasteiger partial charge >= 0.3 is 7.28 Å². The molecular formula is C15H26O7P2. The summed E-state index contributed by atoms with van der Waals surface area (Å²) < 4.78 is 31.3. The van der Waals surface area contributed by atoms with Gasteiger partial charge in [-0.1, -0.05) is 34.9 Å². The first kappa shape index (κ1) is 23.4. The third-order valence-corrected chi connectivity index (χ3v) is 5.12. The minimum Gasteiger partial charge on any atom is -0.294 e. The van der Waals surface area contributed by atoms with Crippen LogP contribution in [0, 0.1) is 0 Å². The lowest BCUT2D eigenvalue weighted by atomic mass is 10.1. The van der Waals surface area contributed by atoms with Gasteiger partial charge < -0.3 is 0 Å². The van der Waals surface area contributed by atoms with Crippen molar-refractivity contribution in [2.24, 2.45) is 0 Å². The highest BCUT2D eigenvalue weighted by atomic mass is 32.1. The van der Waals surface area contributed by atoms with Gasteiger partial charge in [-0.2, -0.15) is 0 Å². The van der Waals surface area contributed by atoms with Crippen molar-refractivity contribution in [3.63, 3.8) is 0 Å². The maximum atomic E-state index is 11.6. The van der Waals surface area contributed by atoms with Crippen molar-refractivity contribution < 1.29 is 33.7 Å². The van der Waals surface area contributed by atoms with Crippen LogP contribution >= 0.6 is 15.4 Å². The summed E-state index contributed by atoms with van der Waals surface area (Å²) in [6.07, 6.45) is 9.98. The molecule has 0 heterocycles. The van der Waals surface area contributed by atoms with Crippen LogP contribution in [0.3, 0.4) is 0 Å². The highest BCUT2D eigenvalue weighted by Gasteiger charge is 2.27. The van der Waals surface area contributed by atoms with Gasteiger partial charge in [-0.05, 0) is 63.5 Å². The molecule has 24 heavy (non-hydrogen) atoms. The van der Waals surface area contributed by atoms with Gasteiger partial charge in [0.15, 0.2) is 0 Å². The van der Waals surface area contributed by atoms with Crippen molar-refractivity contribution in [1.29, 1.82) is 0 Å². The first-order chi connectivity index (χ1) is 11.3. The van der Waals surface area contributed by atoms with E-state index in [-0.39, 0.29) is 6.61 Å². The van der Waals surface area contributed by atoms with E-state index in [1.54, 1.807) is 6.08 Å². The topological polar surface area (TPSA) is 91.3 Å². The monoisotopic (exact) mass is 380 g/mol. The molecule has 0 fully saturated rings. The van der Waals surface area contributed by atoms with E-state index in [0.29, 0.717) is 0 Å². The third-order valence-electron chi connectivity index (χ3n) is 3.05. The molecule has 0 amide bonds.